The summed E-state index contributed by atoms with van der Waals surface area (Å²) in [5.74, 6) is -1.02. The van der Waals surface area contributed by atoms with Gasteiger partial charge in [0.05, 0.1) is 11.2 Å². The molecule has 0 bridgehead atoms. The summed E-state index contributed by atoms with van der Waals surface area (Å²) in [5.41, 5.74) is 3.21. The summed E-state index contributed by atoms with van der Waals surface area (Å²) >= 11 is 6.19. The van der Waals surface area contributed by atoms with Gasteiger partial charge in [-0.3, -0.25) is 0 Å². The minimum absolute atomic E-state index is 0.568. The number of carboxylic acids is 1. The number of aliphatic hydroxyl groups is 1. The van der Waals surface area contributed by atoms with Gasteiger partial charge in [0, 0.05) is 10.6 Å². The lowest BCUT2D eigenvalue weighted by Gasteiger charge is -2.28. The van der Waals surface area contributed by atoms with Crippen molar-refractivity contribution in [3.63, 3.8) is 0 Å². The molecule has 4 nitrogen and oxygen atoms in total. The standard InChI is InChI=1S/C30H35ClO4/c1-19-17-22-8-7-20(13-16-30(34)14-5-6-15-30)18-24(22)26(21-9-11-23(31)12-10-21)25(19)27(28(32)33)35-29(2,3)4/h7-12,17-18,27,34H,5-6,13-16H2,1-4H3,(H,32,33). The molecule has 1 saturated carbocycles. The van der Waals surface area contributed by atoms with E-state index in [1.807, 2.05) is 58.0 Å². The molecule has 0 radical (unpaired) electrons. The first-order valence-corrected chi connectivity index (χ1v) is 12.8. The molecule has 1 unspecified atom stereocenters. The van der Waals surface area contributed by atoms with Crippen molar-refractivity contribution in [3.05, 3.63) is 70.2 Å². The van der Waals surface area contributed by atoms with Gasteiger partial charge in [-0.25, -0.2) is 4.79 Å². The molecule has 1 aliphatic carbocycles. The number of hydrogen-bond acceptors (Lipinski definition) is 3. The summed E-state index contributed by atoms with van der Waals surface area (Å²) in [6.07, 6.45) is 4.29. The Morgan fingerprint density at radius 1 is 1.09 bits per heavy atom. The summed E-state index contributed by atoms with van der Waals surface area (Å²) < 4.78 is 6.10. The van der Waals surface area contributed by atoms with Crippen molar-refractivity contribution < 1.29 is 19.7 Å². The third kappa shape index (κ3) is 5.88. The van der Waals surface area contributed by atoms with E-state index in [0.29, 0.717) is 10.6 Å². The van der Waals surface area contributed by atoms with Crippen LogP contribution in [0.25, 0.3) is 21.9 Å². The molecule has 1 atom stereocenters. The maximum absolute atomic E-state index is 12.5. The third-order valence-electron chi connectivity index (χ3n) is 6.96. The highest BCUT2D eigenvalue weighted by atomic mass is 35.5. The molecule has 1 fully saturated rings. The van der Waals surface area contributed by atoms with Gasteiger partial charge in [0.25, 0.3) is 0 Å². The van der Waals surface area contributed by atoms with E-state index in [2.05, 4.69) is 18.2 Å². The molecule has 0 amide bonds. The highest BCUT2D eigenvalue weighted by molar-refractivity contribution is 6.30. The summed E-state index contributed by atoms with van der Waals surface area (Å²) in [6, 6.07) is 15.9. The van der Waals surface area contributed by atoms with Crippen LogP contribution in [0.2, 0.25) is 5.02 Å². The molecule has 0 spiro atoms. The minimum atomic E-state index is -1.12. The van der Waals surface area contributed by atoms with Crippen LogP contribution in [0.4, 0.5) is 0 Å². The third-order valence-corrected chi connectivity index (χ3v) is 7.21. The molecule has 0 aromatic heterocycles. The number of benzene rings is 3. The average Bonchev–Trinajstić information content (AvgIpc) is 3.22. The molecule has 5 heteroatoms. The largest absolute Gasteiger partial charge is 0.479 e. The molecular weight excluding hydrogens is 460 g/mol. The molecule has 0 saturated heterocycles. The normalized spacial score (nSPS) is 16.5. The minimum Gasteiger partial charge on any atom is -0.479 e. The van der Waals surface area contributed by atoms with E-state index < -0.39 is 23.3 Å². The number of aliphatic carboxylic acids is 1. The van der Waals surface area contributed by atoms with Crippen LogP contribution >= 0.6 is 11.6 Å². The van der Waals surface area contributed by atoms with E-state index >= 15 is 0 Å². The number of carboxylic acid groups (broad SMARTS) is 1. The van der Waals surface area contributed by atoms with Gasteiger partial charge >= 0.3 is 5.97 Å². The smallest absolute Gasteiger partial charge is 0.337 e. The van der Waals surface area contributed by atoms with E-state index in [9.17, 15) is 15.0 Å². The van der Waals surface area contributed by atoms with Gasteiger partial charge in [-0.05, 0) is 98.5 Å². The monoisotopic (exact) mass is 494 g/mol. The zero-order valence-electron chi connectivity index (χ0n) is 21.0. The first-order chi connectivity index (χ1) is 16.5. The number of rotatable bonds is 7. The van der Waals surface area contributed by atoms with Crippen molar-refractivity contribution in [1.29, 1.82) is 0 Å². The molecule has 3 aromatic carbocycles. The number of hydrogen-bond donors (Lipinski definition) is 2. The number of aryl methyl sites for hydroxylation is 2. The van der Waals surface area contributed by atoms with Crippen LogP contribution in [0.15, 0.2) is 48.5 Å². The lowest BCUT2D eigenvalue weighted by atomic mass is 9.85. The zero-order valence-corrected chi connectivity index (χ0v) is 21.8. The fourth-order valence-electron chi connectivity index (χ4n) is 5.27. The van der Waals surface area contributed by atoms with Gasteiger partial charge in [-0.2, -0.15) is 0 Å². The van der Waals surface area contributed by atoms with Crippen molar-refractivity contribution in [2.24, 2.45) is 0 Å². The fraction of sp³-hybridized carbons (Fsp3) is 0.433. The summed E-state index contributed by atoms with van der Waals surface area (Å²) in [5, 5.41) is 23.7. The van der Waals surface area contributed by atoms with Crippen LogP contribution in [0.3, 0.4) is 0 Å². The Labute approximate surface area is 212 Å². The number of carbonyl (C=O) groups is 1. The second kappa shape index (κ2) is 9.93. The molecule has 0 heterocycles. The molecule has 2 N–H and O–H groups in total. The van der Waals surface area contributed by atoms with E-state index in [1.165, 1.54) is 0 Å². The second-order valence-electron chi connectivity index (χ2n) is 10.9. The Morgan fingerprint density at radius 3 is 2.34 bits per heavy atom. The van der Waals surface area contributed by atoms with E-state index in [0.717, 1.165) is 71.6 Å². The predicted molar refractivity (Wildman–Crippen MR) is 142 cm³/mol. The van der Waals surface area contributed by atoms with Crippen LogP contribution < -0.4 is 0 Å². The number of fused-ring (bicyclic) bond motifs is 1. The zero-order chi connectivity index (χ0) is 25.4. The van der Waals surface area contributed by atoms with Crippen molar-refractivity contribution in [2.45, 2.75) is 83.5 Å². The highest BCUT2D eigenvalue weighted by Crippen LogP contribution is 2.41. The summed E-state index contributed by atoms with van der Waals surface area (Å²) in [7, 11) is 0. The Hall–Kier alpha value is -2.40. The Bertz CT molecular complexity index is 1220. The van der Waals surface area contributed by atoms with Gasteiger partial charge in [0.15, 0.2) is 6.10 Å². The van der Waals surface area contributed by atoms with Gasteiger partial charge in [0.2, 0.25) is 0 Å². The maximum atomic E-state index is 12.5. The van der Waals surface area contributed by atoms with E-state index in [-0.39, 0.29) is 0 Å². The van der Waals surface area contributed by atoms with Crippen molar-refractivity contribution in [1.82, 2.24) is 0 Å². The molecule has 3 aromatic rings. The topological polar surface area (TPSA) is 66.8 Å². The molecule has 1 aliphatic rings. The summed E-state index contributed by atoms with van der Waals surface area (Å²) in [4.78, 5) is 12.5. The second-order valence-corrected chi connectivity index (χ2v) is 11.4. The molecule has 186 valence electrons. The Morgan fingerprint density at radius 2 is 1.74 bits per heavy atom. The van der Waals surface area contributed by atoms with Crippen molar-refractivity contribution >= 4 is 28.3 Å². The quantitative estimate of drug-likeness (QED) is 0.354. The highest BCUT2D eigenvalue weighted by Gasteiger charge is 2.32. The van der Waals surface area contributed by atoms with Crippen LogP contribution in [-0.2, 0) is 16.0 Å². The van der Waals surface area contributed by atoms with Gasteiger partial charge in [-0.15, -0.1) is 0 Å². The van der Waals surface area contributed by atoms with Crippen LogP contribution in [-0.4, -0.2) is 27.4 Å². The van der Waals surface area contributed by atoms with Crippen LogP contribution in [0.1, 0.15) is 75.7 Å². The lowest BCUT2D eigenvalue weighted by Crippen LogP contribution is -2.28. The van der Waals surface area contributed by atoms with Crippen LogP contribution in [0.5, 0.6) is 0 Å². The predicted octanol–water partition coefficient (Wildman–Crippen LogP) is 7.65. The van der Waals surface area contributed by atoms with Gasteiger partial charge in [-0.1, -0.05) is 60.8 Å². The van der Waals surface area contributed by atoms with E-state index in [4.69, 9.17) is 16.3 Å². The first-order valence-electron chi connectivity index (χ1n) is 12.4. The van der Waals surface area contributed by atoms with Crippen molar-refractivity contribution in [3.8, 4) is 11.1 Å². The molecule has 4 rings (SSSR count). The number of ether oxygens (including phenoxy) is 1. The van der Waals surface area contributed by atoms with Crippen LogP contribution in [0, 0.1) is 6.92 Å². The maximum Gasteiger partial charge on any atom is 0.337 e. The van der Waals surface area contributed by atoms with Crippen molar-refractivity contribution in [2.75, 3.05) is 0 Å². The first kappa shape index (κ1) is 25.7. The SMILES string of the molecule is Cc1cc2ccc(CCC3(O)CCCC3)cc2c(-c2ccc(Cl)cc2)c1C(OC(C)(C)C)C(=O)O. The molecular formula is C30H35ClO4. The fourth-order valence-corrected chi connectivity index (χ4v) is 5.39. The van der Waals surface area contributed by atoms with E-state index in [1.54, 1.807) is 0 Å². The lowest BCUT2D eigenvalue weighted by molar-refractivity contribution is -0.160. The molecule has 0 aliphatic heterocycles. The number of halogens is 1. The van der Waals surface area contributed by atoms with Gasteiger partial charge in [0.1, 0.15) is 0 Å². The average molecular weight is 495 g/mol. The summed E-state index contributed by atoms with van der Waals surface area (Å²) in [6.45, 7) is 7.55. The Kier molecular flexibility index (Phi) is 7.28. The molecule has 35 heavy (non-hydrogen) atoms. The Balaban J connectivity index is 1.90. The van der Waals surface area contributed by atoms with Gasteiger partial charge < -0.3 is 14.9 Å².